The van der Waals surface area contributed by atoms with Gasteiger partial charge in [0.1, 0.15) is 0 Å². The number of nitrogens with zero attached hydrogens (tertiary/aromatic N) is 3. The second kappa shape index (κ2) is 6.59. The number of benzene rings is 2. The van der Waals surface area contributed by atoms with Crippen LogP contribution >= 0.6 is 0 Å². The van der Waals surface area contributed by atoms with E-state index in [9.17, 15) is 0 Å². The molecule has 0 amide bonds. The third-order valence-electron chi connectivity index (χ3n) is 5.57. The zero-order valence-corrected chi connectivity index (χ0v) is 17.6. The molecule has 0 unspecified atom stereocenters. The van der Waals surface area contributed by atoms with Crippen molar-refractivity contribution in [1.82, 2.24) is 9.78 Å². The van der Waals surface area contributed by atoms with Crippen LogP contribution in [0.15, 0.2) is 60.8 Å². The van der Waals surface area contributed by atoms with Gasteiger partial charge in [-0.3, -0.25) is 4.68 Å². The normalized spacial score (nSPS) is 11.9. The van der Waals surface area contributed by atoms with Crippen LogP contribution in [0.2, 0.25) is 0 Å². The maximum absolute atomic E-state index is 4.75. The molecule has 0 spiro atoms. The first-order chi connectivity index (χ1) is 13.3. The number of pyridine rings is 1. The Labute approximate surface area is 167 Å². The van der Waals surface area contributed by atoms with Crippen LogP contribution in [-0.2, 0) is 12.5 Å². The maximum atomic E-state index is 4.75. The van der Waals surface area contributed by atoms with E-state index in [-0.39, 0.29) is 5.41 Å². The quantitative estimate of drug-likeness (QED) is 0.431. The Hall–Kier alpha value is -2.94. The smallest absolute Gasteiger partial charge is 0.214 e. The molecule has 2 heterocycles. The van der Waals surface area contributed by atoms with Crippen molar-refractivity contribution in [1.29, 1.82) is 0 Å². The van der Waals surface area contributed by atoms with Crippen LogP contribution in [0, 0.1) is 13.8 Å². The fourth-order valence-corrected chi connectivity index (χ4v) is 3.89. The average molecular weight is 371 g/mol. The Morgan fingerprint density at radius 2 is 1.64 bits per heavy atom. The maximum Gasteiger partial charge on any atom is 0.214 e. The molecule has 2 aromatic heterocycles. The van der Waals surface area contributed by atoms with Gasteiger partial charge in [0.25, 0.3) is 0 Å². The highest BCUT2D eigenvalue weighted by molar-refractivity contribution is 5.94. The standard InChI is InChI=1S/C25H28N3/c1-17-11-9-10-14-28(17)23-16-19(25(3,4)5)15-21(18(23)2)24-20-12-7-8-13-22(20)26-27(24)6/h7-16H,1-6H3/q+1. The lowest BCUT2D eigenvalue weighted by Gasteiger charge is -2.22. The molecule has 142 valence electrons. The van der Waals surface area contributed by atoms with Gasteiger partial charge in [-0.25, -0.2) is 0 Å². The predicted molar refractivity (Wildman–Crippen MR) is 116 cm³/mol. The Bertz CT molecular complexity index is 1180. The molecular formula is C25H28N3+. The van der Waals surface area contributed by atoms with Crippen LogP contribution in [0.4, 0.5) is 0 Å². The van der Waals surface area contributed by atoms with Gasteiger partial charge in [-0.15, -0.1) is 0 Å². The summed E-state index contributed by atoms with van der Waals surface area (Å²) in [5.74, 6) is 0. The summed E-state index contributed by atoms with van der Waals surface area (Å²) >= 11 is 0. The first-order valence-electron chi connectivity index (χ1n) is 9.82. The summed E-state index contributed by atoms with van der Waals surface area (Å²) in [6.07, 6.45) is 2.15. The lowest BCUT2D eigenvalue weighted by molar-refractivity contribution is -0.603. The lowest BCUT2D eigenvalue weighted by atomic mass is 9.83. The molecule has 0 N–H and O–H groups in total. The molecule has 4 rings (SSSR count). The molecule has 3 nitrogen and oxygen atoms in total. The molecule has 0 radical (unpaired) electrons. The van der Waals surface area contributed by atoms with Gasteiger partial charge < -0.3 is 0 Å². The summed E-state index contributed by atoms with van der Waals surface area (Å²) in [6.45, 7) is 11.2. The molecule has 0 atom stereocenters. The van der Waals surface area contributed by atoms with Crippen molar-refractivity contribution in [3.05, 3.63) is 77.6 Å². The minimum absolute atomic E-state index is 0.0504. The molecule has 0 aliphatic heterocycles. The highest BCUT2D eigenvalue weighted by Gasteiger charge is 2.25. The highest BCUT2D eigenvalue weighted by Crippen LogP contribution is 2.36. The minimum atomic E-state index is 0.0504. The van der Waals surface area contributed by atoms with E-state index in [1.165, 1.54) is 39.2 Å². The van der Waals surface area contributed by atoms with Crippen molar-refractivity contribution >= 4 is 10.9 Å². The number of aryl methyl sites for hydroxylation is 2. The number of aromatic nitrogens is 3. The van der Waals surface area contributed by atoms with E-state index in [1.807, 2.05) is 17.8 Å². The number of rotatable bonds is 2. The third kappa shape index (κ3) is 3.01. The van der Waals surface area contributed by atoms with Gasteiger partial charge in [-0.2, -0.15) is 9.67 Å². The zero-order valence-electron chi connectivity index (χ0n) is 17.6. The van der Waals surface area contributed by atoms with Crippen molar-refractivity contribution in [3.63, 3.8) is 0 Å². The van der Waals surface area contributed by atoms with Gasteiger partial charge in [0.05, 0.1) is 11.2 Å². The largest absolute Gasteiger partial charge is 0.267 e. The summed E-state index contributed by atoms with van der Waals surface area (Å²) in [6, 6.07) is 19.4. The summed E-state index contributed by atoms with van der Waals surface area (Å²) in [7, 11) is 2.04. The first-order valence-corrected chi connectivity index (χ1v) is 9.82. The highest BCUT2D eigenvalue weighted by atomic mass is 15.3. The van der Waals surface area contributed by atoms with Crippen LogP contribution < -0.4 is 4.57 Å². The average Bonchev–Trinajstić information content (AvgIpc) is 2.97. The van der Waals surface area contributed by atoms with E-state index in [0.29, 0.717) is 0 Å². The van der Waals surface area contributed by atoms with Gasteiger partial charge in [-0.05, 0) is 30.0 Å². The summed E-state index contributed by atoms with van der Waals surface area (Å²) < 4.78 is 4.30. The van der Waals surface area contributed by atoms with Crippen LogP contribution in [-0.4, -0.2) is 9.78 Å². The molecular weight excluding hydrogens is 342 g/mol. The molecule has 0 saturated carbocycles. The monoisotopic (exact) mass is 370 g/mol. The topological polar surface area (TPSA) is 21.7 Å². The predicted octanol–water partition coefficient (Wildman–Crippen LogP) is 5.43. The Morgan fingerprint density at radius 3 is 2.36 bits per heavy atom. The van der Waals surface area contributed by atoms with Gasteiger partial charge in [-0.1, -0.05) is 45.0 Å². The molecule has 0 fully saturated rings. The number of fused-ring (bicyclic) bond motifs is 1. The van der Waals surface area contributed by atoms with Gasteiger partial charge in [0.2, 0.25) is 5.69 Å². The van der Waals surface area contributed by atoms with Crippen LogP contribution in [0.1, 0.15) is 37.6 Å². The zero-order chi connectivity index (χ0) is 20.1. The van der Waals surface area contributed by atoms with Crippen molar-refractivity contribution in [2.75, 3.05) is 0 Å². The Balaban J connectivity index is 2.09. The Kier molecular flexibility index (Phi) is 4.34. The molecule has 2 aromatic carbocycles. The van der Waals surface area contributed by atoms with E-state index in [2.05, 4.69) is 93.9 Å². The van der Waals surface area contributed by atoms with Crippen LogP contribution in [0.25, 0.3) is 27.8 Å². The van der Waals surface area contributed by atoms with Crippen molar-refractivity contribution in [2.24, 2.45) is 7.05 Å². The van der Waals surface area contributed by atoms with Crippen molar-refractivity contribution in [3.8, 4) is 16.9 Å². The van der Waals surface area contributed by atoms with E-state index in [0.717, 1.165) is 5.52 Å². The number of hydrogen-bond acceptors (Lipinski definition) is 1. The number of hydrogen-bond donors (Lipinski definition) is 0. The Morgan fingerprint density at radius 1 is 0.929 bits per heavy atom. The molecule has 28 heavy (non-hydrogen) atoms. The molecule has 4 aromatic rings. The summed E-state index contributed by atoms with van der Waals surface area (Å²) in [4.78, 5) is 0. The van der Waals surface area contributed by atoms with Crippen LogP contribution in [0.5, 0.6) is 0 Å². The van der Waals surface area contributed by atoms with Crippen molar-refractivity contribution < 1.29 is 4.57 Å². The van der Waals surface area contributed by atoms with Gasteiger partial charge >= 0.3 is 0 Å². The van der Waals surface area contributed by atoms with Crippen LogP contribution in [0.3, 0.4) is 0 Å². The van der Waals surface area contributed by atoms with E-state index < -0.39 is 0 Å². The second-order valence-electron chi connectivity index (χ2n) is 8.62. The summed E-state index contributed by atoms with van der Waals surface area (Å²) in [5.41, 5.74) is 8.54. The van der Waals surface area contributed by atoms with Gasteiger partial charge in [0, 0.05) is 48.7 Å². The lowest BCUT2D eigenvalue weighted by Crippen LogP contribution is -2.35. The molecule has 0 aliphatic rings. The van der Waals surface area contributed by atoms with E-state index in [1.54, 1.807) is 0 Å². The SMILES string of the molecule is Cc1c(-c2c3ccccc3nn2C)cc(C(C)(C)C)cc1-[n+]1ccccc1C. The van der Waals surface area contributed by atoms with E-state index in [4.69, 9.17) is 5.10 Å². The molecule has 0 saturated heterocycles. The fraction of sp³-hybridized carbons (Fsp3) is 0.280. The summed E-state index contributed by atoms with van der Waals surface area (Å²) in [5, 5.41) is 5.95. The molecule has 0 aliphatic carbocycles. The van der Waals surface area contributed by atoms with E-state index >= 15 is 0 Å². The van der Waals surface area contributed by atoms with Gasteiger partial charge in [0.15, 0.2) is 11.9 Å². The first kappa shape index (κ1) is 18.4. The third-order valence-corrected chi connectivity index (χ3v) is 5.57. The minimum Gasteiger partial charge on any atom is -0.267 e. The second-order valence-corrected chi connectivity index (χ2v) is 8.62. The fourth-order valence-electron chi connectivity index (χ4n) is 3.89. The molecule has 3 heteroatoms. The molecule has 0 bridgehead atoms. The van der Waals surface area contributed by atoms with Crippen molar-refractivity contribution in [2.45, 2.75) is 40.0 Å².